The molecule has 1 aliphatic rings. The fraction of sp³-hybridized carbons (Fsp3) is 0.727. The van der Waals surface area contributed by atoms with Gasteiger partial charge in [0.1, 0.15) is 5.82 Å². The van der Waals surface area contributed by atoms with Gasteiger partial charge in [-0.2, -0.15) is 4.31 Å². The van der Waals surface area contributed by atoms with Crippen LogP contribution in [-0.4, -0.2) is 60.6 Å². The zero-order chi connectivity index (χ0) is 13.3. The number of sulfonamides is 1. The summed E-state index contributed by atoms with van der Waals surface area (Å²) in [5, 5.41) is 0. The Morgan fingerprint density at radius 2 is 2.06 bits per heavy atom. The van der Waals surface area contributed by atoms with Crippen molar-refractivity contribution in [2.45, 2.75) is 19.5 Å². The quantitative estimate of drug-likeness (QED) is 0.762. The van der Waals surface area contributed by atoms with E-state index in [9.17, 15) is 8.42 Å². The molecule has 0 radical (unpaired) electrons. The predicted octanol–water partition coefficient (Wildman–Crippen LogP) is -0.238. The van der Waals surface area contributed by atoms with E-state index in [1.54, 1.807) is 0 Å². The molecule has 18 heavy (non-hydrogen) atoms. The fourth-order valence-electron chi connectivity index (χ4n) is 2.26. The molecule has 0 N–H and O–H groups in total. The highest BCUT2D eigenvalue weighted by Gasteiger charge is 2.22. The van der Waals surface area contributed by atoms with Crippen LogP contribution in [0.4, 0.5) is 0 Å². The molecule has 0 amide bonds. The van der Waals surface area contributed by atoms with Gasteiger partial charge in [0.05, 0.1) is 11.9 Å². The highest BCUT2D eigenvalue weighted by Crippen LogP contribution is 2.14. The third kappa shape index (κ3) is 2.90. The zero-order valence-electron chi connectivity index (χ0n) is 11.1. The largest absolute Gasteiger partial charge is 0.329 e. The van der Waals surface area contributed by atoms with Crippen LogP contribution >= 0.6 is 0 Å². The Hall–Kier alpha value is -0.920. The van der Waals surface area contributed by atoms with E-state index in [0.717, 1.165) is 18.1 Å². The standard InChI is InChI=1S/C11H20N4O2S/c1-13(2)9-10-8-12-11-4-5-14(18(3,16)17)6-7-15(10)11/h8H,4-7,9H2,1-3H3. The van der Waals surface area contributed by atoms with Gasteiger partial charge >= 0.3 is 0 Å². The summed E-state index contributed by atoms with van der Waals surface area (Å²) < 4.78 is 26.8. The molecule has 0 saturated carbocycles. The zero-order valence-corrected chi connectivity index (χ0v) is 11.9. The van der Waals surface area contributed by atoms with Crippen molar-refractivity contribution in [1.29, 1.82) is 0 Å². The van der Waals surface area contributed by atoms with Crippen LogP contribution in [0.25, 0.3) is 0 Å². The summed E-state index contributed by atoms with van der Waals surface area (Å²) in [6, 6.07) is 0. The first-order valence-corrected chi connectivity index (χ1v) is 7.86. The van der Waals surface area contributed by atoms with Crippen LogP contribution in [0.1, 0.15) is 11.5 Å². The molecule has 0 atom stereocenters. The van der Waals surface area contributed by atoms with Crippen molar-refractivity contribution in [3.8, 4) is 0 Å². The summed E-state index contributed by atoms with van der Waals surface area (Å²) in [6.45, 7) is 2.57. The average Bonchev–Trinajstić information content (AvgIpc) is 2.48. The number of rotatable bonds is 3. The smallest absolute Gasteiger partial charge is 0.211 e. The average molecular weight is 272 g/mol. The highest BCUT2D eigenvalue weighted by molar-refractivity contribution is 7.88. The molecular formula is C11H20N4O2S. The van der Waals surface area contributed by atoms with Crippen LogP contribution in [0.3, 0.4) is 0 Å². The second-order valence-electron chi connectivity index (χ2n) is 4.97. The lowest BCUT2D eigenvalue weighted by Gasteiger charge is -2.17. The molecule has 0 saturated heterocycles. The van der Waals surface area contributed by atoms with Crippen molar-refractivity contribution in [2.24, 2.45) is 0 Å². The van der Waals surface area contributed by atoms with Gasteiger partial charge in [-0.05, 0) is 14.1 Å². The normalized spacial score (nSPS) is 17.8. The number of imidazole rings is 1. The van der Waals surface area contributed by atoms with Gasteiger partial charge in [-0.25, -0.2) is 13.4 Å². The van der Waals surface area contributed by atoms with Gasteiger partial charge in [0, 0.05) is 38.8 Å². The summed E-state index contributed by atoms with van der Waals surface area (Å²) in [5.41, 5.74) is 1.14. The van der Waals surface area contributed by atoms with Crippen LogP contribution in [0, 0.1) is 0 Å². The maximum atomic E-state index is 11.6. The van der Waals surface area contributed by atoms with Crippen molar-refractivity contribution in [3.05, 3.63) is 17.7 Å². The van der Waals surface area contributed by atoms with Gasteiger partial charge in [-0.15, -0.1) is 0 Å². The lowest BCUT2D eigenvalue weighted by Crippen LogP contribution is -2.32. The van der Waals surface area contributed by atoms with Crippen LogP contribution in [0.15, 0.2) is 6.20 Å². The molecule has 0 aromatic carbocycles. The SMILES string of the molecule is CN(C)Cc1cnc2n1CCN(S(C)(=O)=O)CC2. The summed E-state index contributed by atoms with van der Waals surface area (Å²) in [5.74, 6) is 0.984. The summed E-state index contributed by atoms with van der Waals surface area (Å²) >= 11 is 0. The number of aromatic nitrogens is 2. The number of fused-ring (bicyclic) bond motifs is 1. The van der Waals surface area contributed by atoms with Crippen LogP contribution < -0.4 is 0 Å². The molecule has 1 aromatic rings. The van der Waals surface area contributed by atoms with Gasteiger partial charge in [-0.3, -0.25) is 0 Å². The third-order valence-corrected chi connectivity index (χ3v) is 4.43. The fourth-order valence-corrected chi connectivity index (χ4v) is 3.09. The lowest BCUT2D eigenvalue weighted by atomic mass is 10.4. The van der Waals surface area contributed by atoms with Gasteiger partial charge in [0.25, 0.3) is 0 Å². The van der Waals surface area contributed by atoms with Crippen molar-refractivity contribution in [3.63, 3.8) is 0 Å². The molecule has 0 unspecified atom stereocenters. The molecular weight excluding hydrogens is 252 g/mol. The first kappa shape index (κ1) is 13.5. The summed E-state index contributed by atoms with van der Waals surface area (Å²) in [6.07, 6.45) is 3.84. The van der Waals surface area contributed by atoms with Crippen molar-refractivity contribution >= 4 is 10.0 Å². The van der Waals surface area contributed by atoms with Crippen LogP contribution in [-0.2, 0) is 29.5 Å². The van der Waals surface area contributed by atoms with Crippen LogP contribution in [0.2, 0.25) is 0 Å². The monoisotopic (exact) mass is 272 g/mol. The van der Waals surface area contributed by atoms with E-state index < -0.39 is 10.0 Å². The molecule has 0 fully saturated rings. The van der Waals surface area contributed by atoms with Gasteiger partial charge in [0.2, 0.25) is 10.0 Å². The first-order valence-electron chi connectivity index (χ1n) is 6.01. The minimum absolute atomic E-state index is 0.525. The van der Waals surface area contributed by atoms with E-state index in [2.05, 4.69) is 14.5 Å². The lowest BCUT2D eigenvalue weighted by molar-refractivity contribution is 0.379. The predicted molar refractivity (Wildman–Crippen MR) is 69.7 cm³/mol. The van der Waals surface area contributed by atoms with Crippen molar-refractivity contribution < 1.29 is 8.42 Å². The maximum absolute atomic E-state index is 11.6. The Balaban J connectivity index is 2.18. The molecule has 7 heteroatoms. The number of hydrogen-bond donors (Lipinski definition) is 0. The molecule has 0 spiro atoms. The minimum atomic E-state index is -3.10. The van der Waals surface area contributed by atoms with E-state index in [0.29, 0.717) is 26.1 Å². The maximum Gasteiger partial charge on any atom is 0.211 e. The molecule has 102 valence electrons. The van der Waals surface area contributed by atoms with Gasteiger partial charge < -0.3 is 9.47 Å². The highest BCUT2D eigenvalue weighted by atomic mass is 32.2. The second-order valence-corrected chi connectivity index (χ2v) is 6.95. The van der Waals surface area contributed by atoms with E-state index in [1.807, 2.05) is 20.3 Å². The second kappa shape index (κ2) is 4.99. The first-order chi connectivity index (χ1) is 8.38. The minimum Gasteiger partial charge on any atom is -0.329 e. The molecule has 2 rings (SSSR count). The molecule has 2 heterocycles. The van der Waals surface area contributed by atoms with E-state index in [1.165, 1.54) is 10.6 Å². The Bertz CT molecular complexity index is 521. The number of hydrogen-bond acceptors (Lipinski definition) is 4. The Morgan fingerprint density at radius 3 is 2.67 bits per heavy atom. The molecule has 0 bridgehead atoms. The Morgan fingerprint density at radius 1 is 1.33 bits per heavy atom. The Labute approximate surface area is 108 Å². The molecule has 1 aliphatic heterocycles. The third-order valence-electron chi connectivity index (χ3n) is 3.13. The molecule has 6 nitrogen and oxygen atoms in total. The summed E-state index contributed by atoms with van der Waals surface area (Å²) in [4.78, 5) is 6.49. The van der Waals surface area contributed by atoms with Crippen molar-refractivity contribution in [1.82, 2.24) is 18.8 Å². The Kier molecular flexibility index (Phi) is 3.74. The van der Waals surface area contributed by atoms with E-state index in [4.69, 9.17) is 0 Å². The van der Waals surface area contributed by atoms with Crippen LogP contribution in [0.5, 0.6) is 0 Å². The topological polar surface area (TPSA) is 58.4 Å². The van der Waals surface area contributed by atoms with Gasteiger partial charge in [-0.1, -0.05) is 0 Å². The molecule has 1 aromatic heterocycles. The molecule has 0 aliphatic carbocycles. The van der Waals surface area contributed by atoms with E-state index >= 15 is 0 Å². The summed E-state index contributed by atoms with van der Waals surface area (Å²) in [7, 11) is 0.928. The van der Waals surface area contributed by atoms with Gasteiger partial charge in [0.15, 0.2) is 0 Å². The van der Waals surface area contributed by atoms with Crippen molar-refractivity contribution in [2.75, 3.05) is 33.4 Å². The number of nitrogens with zero attached hydrogens (tertiary/aromatic N) is 4. The van der Waals surface area contributed by atoms with E-state index in [-0.39, 0.29) is 0 Å².